The summed E-state index contributed by atoms with van der Waals surface area (Å²) < 4.78 is 6.20. The molecule has 0 radical (unpaired) electrons. The molecule has 1 aliphatic rings. The number of nitrogens with zero attached hydrogens (tertiary/aromatic N) is 2. The number of benzene rings is 8. The Morgan fingerprint density at radius 2 is 0.982 bits per heavy atom. The van der Waals surface area contributed by atoms with Crippen molar-refractivity contribution in [3.8, 4) is 44.1 Å². The molecule has 0 saturated heterocycles. The summed E-state index contributed by atoms with van der Waals surface area (Å²) in [5, 5.41) is 6.35. The summed E-state index contributed by atoms with van der Waals surface area (Å²) in [6, 6.07) is 67.6. The Kier molecular flexibility index (Phi) is 6.59. The van der Waals surface area contributed by atoms with E-state index >= 15 is 0 Å². The first-order chi connectivity index (χ1) is 27.5. The van der Waals surface area contributed by atoms with Gasteiger partial charge >= 0.3 is 0 Å². The van der Waals surface area contributed by atoms with Gasteiger partial charge < -0.3 is 9.13 Å². The van der Waals surface area contributed by atoms with Crippen LogP contribution in [0.2, 0.25) is 0 Å². The Bertz CT molecular complexity index is 3370. The van der Waals surface area contributed by atoms with Crippen molar-refractivity contribution in [1.82, 2.24) is 9.13 Å². The average Bonchev–Trinajstić information content (AvgIpc) is 3.98. The lowest BCUT2D eigenvalue weighted by Crippen LogP contribution is -2.15. The largest absolute Gasteiger partial charge is 0.309 e. The lowest BCUT2D eigenvalue weighted by molar-refractivity contribution is 0.660. The molecule has 0 aliphatic heterocycles. The number of fused-ring (bicyclic) bond motifs is 10. The summed E-state index contributed by atoms with van der Waals surface area (Å²) in [5.74, 6) is 0. The first kappa shape index (κ1) is 31.6. The minimum absolute atomic E-state index is 0.0579. The molecule has 3 aromatic heterocycles. The minimum atomic E-state index is -0.0579. The molecule has 0 unspecified atom stereocenters. The van der Waals surface area contributed by atoms with Crippen molar-refractivity contribution >= 4 is 65.0 Å². The molecule has 0 bridgehead atoms. The van der Waals surface area contributed by atoms with Gasteiger partial charge in [0, 0.05) is 47.9 Å². The maximum Gasteiger partial charge on any atom is 0.0541 e. The Morgan fingerprint density at radius 3 is 1.70 bits per heavy atom. The summed E-state index contributed by atoms with van der Waals surface area (Å²) in [5.41, 5.74) is 16.4. The van der Waals surface area contributed by atoms with Crippen LogP contribution in [0.5, 0.6) is 0 Å². The van der Waals surface area contributed by atoms with Gasteiger partial charge in [0.2, 0.25) is 0 Å². The maximum absolute atomic E-state index is 2.46. The fourth-order valence-electron chi connectivity index (χ4n) is 9.62. The molecule has 1 aliphatic carbocycles. The Hall–Kier alpha value is -6.68. The van der Waals surface area contributed by atoms with Crippen molar-refractivity contribution in [3.05, 3.63) is 193 Å². The van der Waals surface area contributed by atoms with E-state index in [1.807, 2.05) is 11.3 Å². The minimum Gasteiger partial charge on any atom is -0.309 e. The molecule has 0 fully saturated rings. The van der Waals surface area contributed by atoms with Gasteiger partial charge in [-0.2, -0.15) is 0 Å². The predicted octanol–water partition coefficient (Wildman–Crippen LogP) is 14.7. The molecular weight excluding hydrogens is 697 g/mol. The molecule has 0 spiro atoms. The van der Waals surface area contributed by atoms with Gasteiger partial charge in [-0.1, -0.05) is 123 Å². The molecule has 0 saturated carbocycles. The third-order valence-electron chi connectivity index (χ3n) is 12.3. The molecular formula is C53H36N2S. The van der Waals surface area contributed by atoms with Crippen LogP contribution in [-0.2, 0) is 5.41 Å². The molecule has 12 rings (SSSR count). The summed E-state index contributed by atoms with van der Waals surface area (Å²) >= 11 is 1.86. The van der Waals surface area contributed by atoms with E-state index in [9.17, 15) is 0 Å². The molecule has 8 aromatic carbocycles. The van der Waals surface area contributed by atoms with Crippen LogP contribution in [0.15, 0.2) is 182 Å². The van der Waals surface area contributed by atoms with Crippen molar-refractivity contribution < 1.29 is 0 Å². The van der Waals surface area contributed by atoms with Gasteiger partial charge in [0.25, 0.3) is 0 Å². The summed E-state index contributed by atoms with van der Waals surface area (Å²) in [4.78, 5) is 1.29. The molecule has 0 N–H and O–H groups in total. The molecule has 3 heteroatoms. The molecule has 3 heterocycles. The highest BCUT2D eigenvalue weighted by Gasteiger charge is 2.35. The van der Waals surface area contributed by atoms with Crippen molar-refractivity contribution in [1.29, 1.82) is 0 Å². The molecule has 0 amide bonds. The number of rotatable bonds is 4. The lowest BCUT2D eigenvalue weighted by Gasteiger charge is -2.22. The van der Waals surface area contributed by atoms with Crippen LogP contribution in [0.1, 0.15) is 25.0 Å². The van der Waals surface area contributed by atoms with E-state index in [0.29, 0.717) is 0 Å². The number of para-hydroxylation sites is 2. The summed E-state index contributed by atoms with van der Waals surface area (Å²) in [6.07, 6.45) is 0. The number of thiophene rings is 1. The topological polar surface area (TPSA) is 9.86 Å². The fraction of sp³-hybridized carbons (Fsp3) is 0.0566. The third kappa shape index (κ3) is 4.49. The molecule has 11 aromatic rings. The van der Waals surface area contributed by atoms with Crippen LogP contribution in [0.4, 0.5) is 0 Å². The summed E-state index contributed by atoms with van der Waals surface area (Å²) in [7, 11) is 0. The second-order valence-corrected chi connectivity index (χ2v) is 16.9. The number of hydrogen-bond acceptors (Lipinski definition) is 1. The Morgan fingerprint density at radius 1 is 0.393 bits per heavy atom. The lowest BCUT2D eigenvalue weighted by atomic mass is 9.82. The zero-order valence-electron chi connectivity index (χ0n) is 31.1. The monoisotopic (exact) mass is 732 g/mol. The molecule has 56 heavy (non-hydrogen) atoms. The van der Waals surface area contributed by atoms with Crippen LogP contribution in [-0.4, -0.2) is 9.13 Å². The van der Waals surface area contributed by atoms with Crippen molar-refractivity contribution in [3.63, 3.8) is 0 Å². The second-order valence-electron chi connectivity index (χ2n) is 15.8. The highest BCUT2D eigenvalue weighted by atomic mass is 32.1. The zero-order valence-corrected chi connectivity index (χ0v) is 31.9. The van der Waals surface area contributed by atoms with Crippen LogP contribution in [0, 0.1) is 0 Å². The zero-order chi connectivity index (χ0) is 37.1. The fourth-order valence-corrected chi connectivity index (χ4v) is 10.7. The Balaban J connectivity index is 0.988. The van der Waals surface area contributed by atoms with E-state index in [1.165, 1.54) is 109 Å². The van der Waals surface area contributed by atoms with Crippen LogP contribution >= 0.6 is 11.3 Å². The standard InChI is InChI=1S/C53H36N2S/c1-53(2)45-18-7-4-15-39(45)40-25-24-38(32-46(40)53)55-48-20-9-6-17-42(48)44-30-34(23-27-50(44)55)33-22-26-49-43(29-33)41-16-5-8-19-47(41)54(49)37-14-11-13-35(28-37)52-31-36-12-3-10-21-51(36)56-52/h3-32H,1-2H3. The van der Waals surface area contributed by atoms with Gasteiger partial charge in [-0.3, -0.25) is 0 Å². The maximum atomic E-state index is 2.46. The first-order valence-corrected chi connectivity index (χ1v) is 20.2. The highest BCUT2D eigenvalue weighted by molar-refractivity contribution is 7.22. The second kappa shape index (κ2) is 11.7. The van der Waals surface area contributed by atoms with E-state index in [-0.39, 0.29) is 5.41 Å². The molecule has 264 valence electrons. The van der Waals surface area contributed by atoms with E-state index in [4.69, 9.17) is 0 Å². The van der Waals surface area contributed by atoms with Gasteiger partial charge in [0.15, 0.2) is 0 Å². The van der Waals surface area contributed by atoms with Crippen molar-refractivity contribution in [2.75, 3.05) is 0 Å². The first-order valence-electron chi connectivity index (χ1n) is 19.4. The SMILES string of the molecule is CC1(C)c2ccccc2-c2ccc(-n3c4ccccc4c4cc(-c5ccc6c(c5)c5ccccc5n6-c5cccc(-c6cc7ccccc7s6)c5)ccc43)cc21. The van der Waals surface area contributed by atoms with Gasteiger partial charge in [0.1, 0.15) is 0 Å². The van der Waals surface area contributed by atoms with Crippen LogP contribution in [0.3, 0.4) is 0 Å². The quantitative estimate of drug-likeness (QED) is 0.170. The van der Waals surface area contributed by atoms with Gasteiger partial charge in [-0.15, -0.1) is 11.3 Å². The van der Waals surface area contributed by atoms with E-state index < -0.39 is 0 Å². The third-order valence-corrected chi connectivity index (χ3v) is 13.5. The van der Waals surface area contributed by atoms with Gasteiger partial charge in [0.05, 0.1) is 22.1 Å². The summed E-state index contributed by atoms with van der Waals surface area (Å²) in [6.45, 7) is 4.72. The van der Waals surface area contributed by atoms with Gasteiger partial charge in [-0.05, 0) is 117 Å². The Labute approximate surface area is 329 Å². The van der Waals surface area contributed by atoms with Crippen LogP contribution < -0.4 is 0 Å². The average molecular weight is 733 g/mol. The molecule has 0 atom stereocenters. The van der Waals surface area contributed by atoms with Gasteiger partial charge in [-0.25, -0.2) is 0 Å². The van der Waals surface area contributed by atoms with Crippen molar-refractivity contribution in [2.24, 2.45) is 0 Å². The van der Waals surface area contributed by atoms with Crippen molar-refractivity contribution in [2.45, 2.75) is 19.3 Å². The van der Waals surface area contributed by atoms with E-state index in [0.717, 1.165) is 0 Å². The highest BCUT2D eigenvalue weighted by Crippen LogP contribution is 2.49. The molecule has 2 nitrogen and oxygen atoms in total. The smallest absolute Gasteiger partial charge is 0.0541 e. The normalized spacial score (nSPS) is 13.3. The number of hydrogen-bond donors (Lipinski definition) is 0. The van der Waals surface area contributed by atoms with Crippen LogP contribution in [0.25, 0.3) is 97.8 Å². The van der Waals surface area contributed by atoms with E-state index in [1.54, 1.807) is 0 Å². The van der Waals surface area contributed by atoms with E-state index in [2.05, 4.69) is 205 Å². The predicted molar refractivity (Wildman–Crippen MR) is 239 cm³/mol. The number of aromatic nitrogens is 2.